The van der Waals surface area contributed by atoms with E-state index in [-0.39, 0.29) is 17.9 Å². The molecule has 17 heavy (non-hydrogen) atoms. The van der Waals surface area contributed by atoms with E-state index in [4.69, 9.17) is 5.73 Å². The molecular weight excluding hydrogens is 212 g/mol. The molecule has 0 saturated carbocycles. The summed E-state index contributed by atoms with van der Waals surface area (Å²) in [5.41, 5.74) is 7.85. The van der Waals surface area contributed by atoms with Gasteiger partial charge >= 0.3 is 0 Å². The molecule has 0 aromatic heterocycles. The zero-order valence-electron chi connectivity index (χ0n) is 10.9. The standard InChI is InChI=1S/C14H22N2O/c1-14(2,3)12-6-4-11(5-7-12)8-9-16-10-13(15)17/h4-7,16H,8-10H2,1-3H3,(H2,15,17). The van der Waals surface area contributed by atoms with Crippen molar-refractivity contribution in [3.63, 3.8) is 0 Å². The monoisotopic (exact) mass is 234 g/mol. The second-order valence-electron chi connectivity index (χ2n) is 5.34. The fraction of sp³-hybridized carbons (Fsp3) is 0.500. The maximum absolute atomic E-state index is 10.5. The number of hydrogen-bond donors (Lipinski definition) is 2. The number of hydrogen-bond acceptors (Lipinski definition) is 2. The number of benzene rings is 1. The van der Waals surface area contributed by atoms with Crippen molar-refractivity contribution >= 4 is 5.91 Å². The molecule has 94 valence electrons. The molecule has 1 aromatic carbocycles. The number of primary amides is 1. The van der Waals surface area contributed by atoms with E-state index in [2.05, 4.69) is 50.4 Å². The number of rotatable bonds is 5. The van der Waals surface area contributed by atoms with Crippen molar-refractivity contribution in [2.75, 3.05) is 13.1 Å². The van der Waals surface area contributed by atoms with Gasteiger partial charge in [-0.25, -0.2) is 0 Å². The van der Waals surface area contributed by atoms with Crippen LogP contribution in [0.3, 0.4) is 0 Å². The van der Waals surface area contributed by atoms with E-state index in [0.29, 0.717) is 0 Å². The lowest BCUT2D eigenvalue weighted by Gasteiger charge is -2.19. The highest BCUT2D eigenvalue weighted by Gasteiger charge is 2.12. The van der Waals surface area contributed by atoms with Crippen LogP contribution in [-0.4, -0.2) is 19.0 Å². The second kappa shape index (κ2) is 5.82. The summed E-state index contributed by atoms with van der Waals surface area (Å²) >= 11 is 0. The van der Waals surface area contributed by atoms with Gasteiger partial charge in [-0.1, -0.05) is 45.0 Å². The number of amides is 1. The van der Waals surface area contributed by atoms with Crippen LogP contribution in [0.4, 0.5) is 0 Å². The van der Waals surface area contributed by atoms with E-state index in [9.17, 15) is 4.79 Å². The van der Waals surface area contributed by atoms with Gasteiger partial charge in [0.25, 0.3) is 0 Å². The molecule has 3 N–H and O–H groups in total. The lowest BCUT2D eigenvalue weighted by molar-refractivity contribution is -0.117. The molecular formula is C14H22N2O. The normalized spacial score (nSPS) is 11.5. The predicted molar refractivity (Wildman–Crippen MR) is 70.9 cm³/mol. The topological polar surface area (TPSA) is 55.1 Å². The molecule has 3 heteroatoms. The van der Waals surface area contributed by atoms with Crippen molar-refractivity contribution < 1.29 is 4.79 Å². The van der Waals surface area contributed by atoms with Gasteiger partial charge in [0, 0.05) is 0 Å². The smallest absolute Gasteiger partial charge is 0.231 e. The van der Waals surface area contributed by atoms with Gasteiger partial charge in [-0.05, 0) is 29.5 Å². The minimum Gasteiger partial charge on any atom is -0.369 e. The van der Waals surface area contributed by atoms with Gasteiger partial charge in [-0.15, -0.1) is 0 Å². The molecule has 0 aliphatic heterocycles. The lowest BCUT2D eigenvalue weighted by Crippen LogP contribution is -2.29. The average Bonchev–Trinajstić information content (AvgIpc) is 2.23. The van der Waals surface area contributed by atoms with Crippen molar-refractivity contribution in [1.29, 1.82) is 0 Å². The molecule has 0 saturated heterocycles. The summed E-state index contributed by atoms with van der Waals surface area (Å²) in [6.45, 7) is 7.64. The van der Waals surface area contributed by atoms with Crippen molar-refractivity contribution in [1.82, 2.24) is 5.32 Å². The van der Waals surface area contributed by atoms with E-state index in [1.54, 1.807) is 0 Å². The van der Waals surface area contributed by atoms with Gasteiger partial charge in [-0.2, -0.15) is 0 Å². The molecule has 0 heterocycles. The minimum atomic E-state index is -0.312. The lowest BCUT2D eigenvalue weighted by atomic mass is 9.86. The molecule has 0 radical (unpaired) electrons. The SMILES string of the molecule is CC(C)(C)c1ccc(CCNCC(N)=O)cc1. The third kappa shape index (κ3) is 5.00. The van der Waals surface area contributed by atoms with Crippen molar-refractivity contribution in [2.45, 2.75) is 32.6 Å². The van der Waals surface area contributed by atoms with Gasteiger partial charge in [0.1, 0.15) is 0 Å². The fourth-order valence-corrected chi connectivity index (χ4v) is 1.62. The Morgan fingerprint density at radius 3 is 2.29 bits per heavy atom. The van der Waals surface area contributed by atoms with Gasteiger partial charge in [0.05, 0.1) is 6.54 Å². The second-order valence-corrected chi connectivity index (χ2v) is 5.34. The van der Waals surface area contributed by atoms with Gasteiger partial charge in [0.15, 0.2) is 0 Å². The van der Waals surface area contributed by atoms with Gasteiger partial charge in [0.2, 0.25) is 5.91 Å². The number of nitrogens with one attached hydrogen (secondary N) is 1. The van der Waals surface area contributed by atoms with E-state index >= 15 is 0 Å². The zero-order chi connectivity index (χ0) is 12.9. The molecule has 1 aromatic rings. The van der Waals surface area contributed by atoms with Gasteiger partial charge < -0.3 is 11.1 Å². The van der Waals surface area contributed by atoms with Crippen LogP contribution in [-0.2, 0) is 16.6 Å². The predicted octanol–water partition coefficient (Wildman–Crippen LogP) is 1.60. The van der Waals surface area contributed by atoms with E-state index in [1.807, 2.05) is 0 Å². The average molecular weight is 234 g/mol. The molecule has 0 aliphatic carbocycles. The van der Waals surface area contributed by atoms with Crippen LogP contribution in [0, 0.1) is 0 Å². The van der Waals surface area contributed by atoms with Crippen molar-refractivity contribution in [3.05, 3.63) is 35.4 Å². The number of carbonyl (C=O) groups is 1. The Labute approximate surface area is 103 Å². The summed E-state index contributed by atoms with van der Waals surface area (Å²) in [6.07, 6.45) is 0.914. The van der Waals surface area contributed by atoms with Crippen LogP contribution >= 0.6 is 0 Å². The molecule has 0 unspecified atom stereocenters. The summed E-state index contributed by atoms with van der Waals surface area (Å²) in [4.78, 5) is 10.5. The third-order valence-corrected chi connectivity index (χ3v) is 2.71. The minimum absolute atomic E-state index is 0.197. The Hall–Kier alpha value is -1.35. The van der Waals surface area contributed by atoms with Crippen LogP contribution in [0.15, 0.2) is 24.3 Å². The zero-order valence-corrected chi connectivity index (χ0v) is 10.9. The Morgan fingerprint density at radius 1 is 1.24 bits per heavy atom. The van der Waals surface area contributed by atoms with Crippen molar-refractivity contribution in [3.8, 4) is 0 Å². The molecule has 0 fully saturated rings. The number of nitrogens with two attached hydrogens (primary N) is 1. The van der Waals surface area contributed by atoms with Crippen LogP contribution in [0.5, 0.6) is 0 Å². The van der Waals surface area contributed by atoms with Crippen LogP contribution in [0.1, 0.15) is 31.9 Å². The van der Waals surface area contributed by atoms with Gasteiger partial charge in [-0.3, -0.25) is 4.79 Å². The maximum atomic E-state index is 10.5. The van der Waals surface area contributed by atoms with Crippen LogP contribution < -0.4 is 11.1 Å². The summed E-state index contributed by atoms with van der Waals surface area (Å²) < 4.78 is 0. The summed E-state index contributed by atoms with van der Waals surface area (Å²) in [5.74, 6) is -0.312. The Bertz CT molecular complexity index is 363. The highest BCUT2D eigenvalue weighted by Crippen LogP contribution is 2.22. The first-order valence-electron chi connectivity index (χ1n) is 5.98. The maximum Gasteiger partial charge on any atom is 0.231 e. The largest absolute Gasteiger partial charge is 0.369 e. The van der Waals surface area contributed by atoms with Crippen LogP contribution in [0.2, 0.25) is 0 Å². The summed E-state index contributed by atoms with van der Waals surface area (Å²) in [7, 11) is 0. The van der Waals surface area contributed by atoms with Crippen LogP contribution in [0.25, 0.3) is 0 Å². The molecule has 1 rings (SSSR count). The Morgan fingerprint density at radius 2 is 1.82 bits per heavy atom. The van der Waals surface area contributed by atoms with Crippen molar-refractivity contribution in [2.24, 2.45) is 5.73 Å². The first-order valence-corrected chi connectivity index (χ1v) is 5.98. The first-order chi connectivity index (χ1) is 7.89. The third-order valence-electron chi connectivity index (χ3n) is 2.71. The summed E-state index contributed by atoms with van der Waals surface area (Å²) in [5, 5.41) is 3.00. The summed E-state index contributed by atoms with van der Waals surface area (Å²) in [6, 6.07) is 8.63. The van der Waals surface area contributed by atoms with E-state index < -0.39 is 0 Å². The molecule has 0 spiro atoms. The van der Waals surface area contributed by atoms with E-state index in [0.717, 1.165) is 13.0 Å². The van der Waals surface area contributed by atoms with E-state index in [1.165, 1.54) is 11.1 Å². The first kappa shape index (κ1) is 13.7. The molecule has 0 aliphatic rings. The Balaban J connectivity index is 2.43. The number of carbonyl (C=O) groups excluding carboxylic acids is 1. The molecule has 0 atom stereocenters. The molecule has 3 nitrogen and oxygen atoms in total. The quantitative estimate of drug-likeness (QED) is 0.760. The highest BCUT2D eigenvalue weighted by molar-refractivity contribution is 5.75. The fourth-order valence-electron chi connectivity index (χ4n) is 1.62. The Kier molecular flexibility index (Phi) is 4.70. The highest BCUT2D eigenvalue weighted by atomic mass is 16.1. The molecule has 0 bridgehead atoms. The molecule has 1 amide bonds.